The first-order valence-corrected chi connectivity index (χ1v) is 19.0. The van der Waals surface area contributed by atoms with Crippen LogP contribution in [0.25, 0.3) is 49.8 Å². The molecule has 7 aromatic rings. The van der Waals surface area contributed by atoms with Gasteiger partial charge in [0, 0.05) is 38.9 Å². The fourth-order valence-electron chi connectivity index (χ4n) is 9.12. The fraction of sp³-hybridized carbons (Fsp3) is 0.137. The highest BCUT2D eigenvalue weighted by molar-refractivity contribution is 6.10. The van der Waals surface area contributed by atoms with Gasteiger partial charge in [-0.05, 0) is 131 Å². The Kier molecular flexibility index (Phi) is 7.47. The van der Waals surface area contributed by atoms with Gasteiger partial charge in [-0.15, -0.1) is 0 Å². The molecule has 256 valence electrons. The highest BCUT2D eigenvalue weighted by atomic mass is 15.1. The molecule has 53 heavy (non-hydrogen) atoms. The normalized spacial score (nSPS) is 16.0. The maximum Gasteiger partial charge on any atom is 0.0541 e. The molecule has 0 fully saturated rings. The molecule has 2 nitrogen and oxygen atoms in total. The minimum absolute atomic E-state index is 0.0171. The van der Waals surface area contributed by atoms with Crippen LogP contribution in [0.1, 0.15) is 56.2 Å². The number of hydrogen-bond donors (Lipinski definition) is 0. The molecule has 0 spiro atoms. The lowest BCUT2D eigenvalue weighted by Crippen LogP contribution is -2.20. The number of hydrogen-bond acceptors (Lipinski definition) is 1. The summed E-state index contributed by atoms with van der Waals surface area (Å²) in [4.78, 5) is 2.50. The molecule has 0 atom stereocenters. The zero-order chi connectivity index (χ0) is 35.5. The molecule has 3 aliphatic rings. The van der Waals surface area contributed by atoms with E-state index in [9.17, 15) is 0 Å². The molecule has 0 saturated carbocycles. The average Bonchev–Trinajstić information content (AvgIpc) is 3.67. The second kappa shape index (κ2) is 12.5. The van der Waals surface area contributed by atoms with Gasteiger partial charge in [-0.25, -0.2) is 0 Å². The van der Waals surface area contributed by atoms with Crippen LogP contribution in [0.15, 0.2) is 181 Å². The Hall–Kier alpha value is -6.12. The van der Waals surface area contributed by atoms with E-state index in [0.717, 1.165) is 25.7 Å². The molecule has 0 unspecified atom stereocenters. The standard InChI is InChI=1S/C51H42N2/c1-51(2)47-19-11-9-17-43(47)44-31-30-42(34-48(44)51)52(40-26-21-36(22-27-40)35-13-5-3-6-14-35)41-28-23-37(24-29-41)38-25-32-50-46(33-38)45-18-10-12-20-49(45)53(50)39-15-7-4-8-16-39/h3-8,10-16,18-23,25-28,30-34H,9,17,24,29H2,1-2H3. The monoisotopic (exact) mass is 682 g/mol. The van der Waals surface area contributed by atoms with Gasteiger partial charge in [-0.2, -0.15) is 0 Å². The lowest BCUT2D eigenvalue weighted by atomic mass is 9.80. The summed E-state index contributed by atoms with van der Waals surface area (Å²) in [6, 6.07) is 53.6. The third-order valence-electron chi connectivity index (χ3n) is 11.8. The predicted octanol–water partition coefficient (Wildman–Crippen LogP) is 13.7. The summed E-state index contributed by atoms with van der Waals surface area (Å²) in [7, 11) is 0. The van der Waals surface area contributed by atoms with Crippen LogP contribution in [0.2, 0.25) is 0 Å². The van der Waals surface area contributed by atoms with Gasteiger partial charge in [0.1, 0.15) is 0 Å². The van der Waals surface area contributed by atoms with Gasteiger partial charge in [0.2, 0.25) is 0 Å². The number of para-hydroxylation sites is 2. The van der Waals surface area contributed by atoms with Crippen LogP contribution in [-0.4, -0.2) is 4.57 Å². The van der Waals surface area contributed by atoms with E-state index in [1.54, 1.807) is 0 Å². The SMILES string of the molecule is CC1(C)C2=C(CCC=C2)c2ccc(N(C3=CC=C(c4ccc5c(c4)c4ccccc4n5-c4ccccc4)CC3)c3ccc(-c4ccccc4)cc3)cc21. The van der Waals surface area contributed by atoms with Crippen molar-refractivity contribution in [1.29, 1.82) is 0 Å². The second-order valence-corrected chi connectivity index (χ2v) is 15.2. The van der Waals surface area contributed by atoms with E-state index >= 15 is 0 Å². The van der Waals surface area contributed by atoms with Gasteiger partial charge in [0.25, 0.3) is 0 Å². The first-order chi connectivity index (χ1) is 26.0. The molecule has 0 radical (unpaired) electrons. The predicted molar refractivity (Wildman–Crippen MR) is 225 cm³/mol. The summed E-state index contributed by atoms with van der Waals surface area (Å²) >= 11 is 0. The molecular weight excluding hydrogens is 641 g/mol. The first kappa shape index (κ1) is 31.6. The minimum Gasteiger partial charge on any atom is -0.314 e. The molecule has 0 aliphatic heterocycles. The third-order valence-corrected chi connectivity index (χ3v) is 11.8. The van der Waals surface area contributed by atoms with Crippen molar-refractivity contribution in [1.82, 2.24) is 4.57 Å². The zero-order valence-electron chi connectivity index (χ0n) is 30.4. The minimum atomic E-state index is -0.0171. The average molecular weight is 683 g/mol. The van der Waals surface area contributed by atoms with Gasteiger partial charge < -0.3 is 9.47 Å². The number of aromatic nitrogens is 1. The van der Waals surface area contributed by atoms with Crippen LogP contribution in [0.3, 0.4) is 0 Å². The topological polar surface area (TPSA) is 8.17 Å². The molecule has 0 amide bonds. The van der Waals surface area contributed by atoms with E-state index in [2.05, 4.69) is 193 Å². The van der Waals surface area contributed by atoms with Crippen LogP contribution >= 0.6 is 0 Å². The summed E-state index contributed by atoms with van der Waals surface area (Å²) in [5, 5.41) is 2.59. The van der Waals surface area contributed by atoms with Crippen LogP contribution in [0.5, 0.6) is 0 Å². The number of fused-ring (bicyclic) bond motifs is 5. The van der Waals surface area contributed by atoms with Gasteiger partial charge in [0.15, 0.2) is 0 Å². The summed E-state index contributed by atoms with van der Waals surface area (Å²) in [6.45, 7) is 4.80. The van der Waals surface area contributed by atoms with E-state index in [4.69, 9.17) is 0 Å². The Morgan fingerprint density at radius 3 is 2.06 bits per heavy atom. The summed E-state index contributed by atoms with van der Waals surface area (Å²) in [6.07, 6.45) is 13.6. The summed E-state index contributed by atoms with van der Waals surface area (Å²) in [5.74, 6) is 0. The largest absolute Gasteiger partial charge is 0.314 e. The first-order valence-electron chi connectivity index (χ1n) is 19.0. The van der Waals surface area contributed by atoms with E-state index in [1.807, 2.05) is 0 Å². The van der Waals surface area contributed by atoms with Crippen molar-refractivity contribution in [2.24, 2.45) is 0 Å². The van der Waals surface area contributed by atoms with Crippen LogP contribution in [0, 0.1) is 0 Å². The third kappa shape index (κ3) is 5.24. The number of benzene rings is 6. The van der Waals surface area contributed by atoms with Gasteiger partial charge >= 0.3 is 0 Å². The molecule has 10 rings (SSSR count). The molecule has 0 saturated heterocycles. The summed E-state index contributed by atoms with van der Waals surface area (Å²) in [5.41, 5.74) is 18.4. The molecule has 6 aromatic carbocycles. The number of anilines is 2. The van der Waals surface area contributed by atoms with Crippen molar-refractivity contribution in [3.8, 4) is 16.8 Å². The highest BCUT2D eigenvalue weighted by Crippen LogP contribution is 2.51. The van der Waals surface area contributed by atoms with Crippen LogP contribution < -0.4 is 4.90 Å². The Morgan fingerprint density at radius 2 is 1.26 bits per heavy atom. The smallest absolute Gasteiger partial charge is 0.0541 e. The van der Waals surface area contributed by atoms with Crippen molar-refractivity contribution in [3.63, 3.8) is 0 Å². The molecule has 2 heteroatoms. The molecule has 0 N–H and O–H groups in total. The van der Waals surface area contributed by atoms with Crippen molar-refractivity contribution < 1.29 is 0 Å². The van der Waals surface area contributed by atoms with Crippen LogP contribution in [0.4, 0.5) is 11.4 Å². The maximum atomic E-state index is 2.50. The summed E-state index contributed by atoms with van der Waals surface area (Å²) < 4.78 is 2.39. The second-order valence-electron chi connectivity index (χ2n) is 15.2. The Balaban J connectivity index is 1.05. The van der Waals surface area contributed by atoms with Crippen molar-refractivity contribution in [2.45, 2.75) is 44.9 Å². The lowest BCUT2D eigenvalue weighted by molar-refractivity contribution is 0.651. The molecule has 0 bridgehead atoms. The molecule has 1 aromatic heterocycles. The quantitative estimate of drug-likeness (QED) is 0.169. The van der Waals surface area contributed by atoms with E-state index in [0.29, 0.717) is 0 Å². The van der Waals surface area contributed by atoms with Crippen molar-refractivity contribution >= 4 is 44.3 Å². The number of allylic oxidation sites excluding steroid dienone is 8. The van der Waals surface area contributed by atoms with Gasteiger partial charge in [-0.1, -0.05) is 123 Å². The maximum absolute atomic E-state index is 2.50. The van der Waals surface area contributed by atoms with Gasteiger partial charge in [-0.3, -0.25) is 0 Å². The van der Waals surface area contributed by atoms with Crippen LogP contribution in [-0.2, 0) is 5.41 Å². The van der Waals surface area contributed by atoms with E-state index < -0.39 is 0 Å². The number of nitrogens with zero attached hydrogens (tertiary/aromatic N) is 2. The van der Waals surface area contributed by atoms with Crippen molar-refractivity contribution in [2.75, 3.05) is 4.90 Å². The molecule has 1 heterocycles. The fourth-order valence-corrected chi connectivity index (χ4v) is 9.12. The lowest BCUT2D eigenvalue weighted by Gasteiger charge is -2.32. The highest BCUT2D eigenvalue weighted by Gasteiger charge is 2.37. The zero-order valence-corrected chi connectivity index (χ0v) is 30.4. The van der Waals surface area contributed by atoms with Gasteiger partial charge in [0.05, 0.1) is 11.0 Å². The Morgan fingerprint density at radius 1 is 0.566 bits per heavy atom. The van der Waals surface area contributed by atoms with E-state index in [-0.39, 0.29) is 5.41 Å². The van der Waals surface area contributed by atoms with Crippen molar-refractivity contribution in [3.05, 3.63) is 198 Å². The molecular formula is C51H42N2. The van der Waals surface area contributed by atoms with E-state index in [1.165, 1.54) is 89.1 Å². The molecule has 3 aliphatic carbocycles. The number of rotatable bonds is 6. The Labute approximate surface area is 312 Å². The Bertz CT molecular complexity index is 2660.